The average molecular weight is 335 g/mol. The molecule has 3 aliphatic rings. The first kappa shape index (κ1) is 13.3. The first-order valence-electron chi connectivity index (χ1n) is 7.97. The van der Waals surface area contributed by atoms with Crippen molar-refractivity contribution in [2.45, 2.75) is 62.7 Å². The fourth-order valence-corrected chi connectivity index (χ4v) is 5.20. The van der Waals surface area contributed by atoms with Crippen molar-refractivity contribution in [1.29, 1.82) is 0 Å². The molecule has 2 nitrogen and oxygen atoms in total. The van der Waals surface area contributed by atoms with E-state index in [2.05, 4.69) is 51.4 Å². The van der Waals surface area contributed by atoms with Gasteiger partial charge in [0.25, 0.3) is 0 Å². The van der Waals surface area contributed by atoms with Crippen molar-refractivity contribution < 1.29 is 0 Å². The van der Waals surface area contributed by atoms with Crippen molar-refractivity contribution in [3.05, 3.63) is 33.8 Å². The van der Waals surface area contributed by atoms with Crippen molar-refractivity contribution >= 4 is 15.9 Å². The Bertz CT molecular complexity index is 504. The number of hydrogen-bond acceptors (Lipinski definition) is 2. The molecule has 2 heterocycles. The standard InChI is InChI=1S/C17H23BrN2/c1-20(13-9-11-5-6-12(10-13)19-11)17-8-7-14-15(17)3-2-4-16(14)18/h2-4,11-13,17,19H,5-10H2,1H3. The molecular formula is C17H23BrN2. The van der Waals surface area contributed by atoms with E-state index in [4.69, 9.17) is 0 Å². The van der Waals surface area contributed by atoms with Gasteiger partial charge in [0.2, 0.25) is 0 Å². The van der Waals surface area contributed by atoms with Gasteiger partial charge in [-0.15, -0.1) is 0 Å². The molecule has 3 atom stereocenters. The van der Waals surface area contributed by atoms with Crippen molar-refractivity contribution in [2.24, 2.45) is 0 Å². The molecule has 0 saturated carbocycles. The van der Waals surface area contributed by atoms with Gasteiger partial charge in [0.1, 0.15) is 0 Å². The van der Waals surface area contributed by atoms with Gasteiger partial charge >= 0.3 is 0 Å². The lowest BCUT2D eigenvalue weighted by Gasteiger charge is -2.39. The van der Waals surface area contributed by atoms with Gasteiger partial charge in [-0.2, -0.15) is 0 Å². The zero-order chi connectivity index (χ0) is 13.7. The summed E-state index contributed by atoms with van der Waals surface area (Å²) in [5.74, 6) is 0. The van der Waals surface area contributed by atoms with E-state index in [9.17, 15) is 0 Å². The summed E-state index contributed by atoms with van der Waals surface area (Å²) < 4.78 is 1.30. The van der Waals surface area contributed by atoms with Crippen LogP contribution in [0.5, 0.6) is 0 Å². The molecule has 0 spiro atoms. The van der Waals surface area contributed by atoms with Gasteiger partial charge in [-0.25, -0.2) is 0 Å². The number of piperidine rings is 1. The molecule has 20 heavy (non-hydrogen) atoms. The third-order valence-electron chi connectivity index (χ3n) is 5.70. The molecule has 3 unspecified atom stereocenters. The molecule has 4 rings (SSSR count). The quantitative estimate of drug-likeness (QED) is 0.887. The second-order valence-electron chi connectivity index (χ2n) is 6.79. The lowest BCUT2D eigenvalue weighted by molar-refractivity contribution is 0.124. The van der Waals surface area contributed by atoms with Crippen LogP contribution in [0.1, 0.15) is 49.3 Å². The van der Waals surface area contributed by atoms with Crippen LogP contribution in [-0.4, -0.2) is 30.1 Å². The van der Waals surface area contributed by atoms with E-state index in [1.807, 2.05) is 0 Å². The summed E-state index contributed by atoms with van der Waals surface area (Å²) in [6.07, 6.45) is 7.97. The van der Waals surface area contributed by atoms with Crippen molar-refractivity contribution in [3.8, 4) is 0 Å². The molecule has 2 bridgehead atoms. The summed E-state index contributed by atoms with van der Waals surface area (Å²) in [4.78, 5) is 2.68. The Labute approximate surface area is 130 Å². The number of nitrogens with one attached hydrogen (secondary N) is 1. The number of benzene rings is 1. The number of rotatable bonds is 2. The van der Waals surface area contributed by atoms with Gasteiger partial charge < -0.3 is 5.32 Å². The average Bonchev–Trinajstić information content (AvgIpc) is 3.02. The molecule has 0 aromatic heterocycles. The maximum absolute atomic E-state index is 3.76. The van der Waals surface area contributed by atoms with Crippen LogP contribution in [0, 0.1) is 0 Å². The SMILES string of the molecule is CN(C1CC2CCC(C1)N2)C1CCc2c(Br)cccc21. The third kappa shape index (κ3) is 2.15. The Morgan fingerprint density at radius 2 is 1.90 bits per heavy atom. The summed E-state index contributed by atoms with van der Waals surface area (Å²) in [5, 5.41) is 3.76. The highest BCUT2D eigenvalue weighted by Gasteiger charge is 2.38. The van der Waals surface area contributed by atoms with Crippen molar-refractivity contribution in [1.82, 2.24) is 10.2 Å². The minimum absolute atomic E-state index is 0.630. The van der Waals surface area contributed by atoms with Crippen molar-refractivity contribution in [3.63, 3.8) is 0 Å². The highest BCUT2D eigenvalue weighted by Crippen LogP contribution is 2.41. The summed E-state index contributed by atoms with van der Waals surface area (Å²) in [6.45, 7) is 0. The Morgan fingerprint density at radius 3 is 2.65 bits per heavy atom. The second-order valence-corrected chi connectivity index (χ2v) is 7.64. The highest BCUT2D eigenvalue weighted by atomic mass is 79.9. The van der Waals surface area contributed by atoms with Gasteiger partial charge in [0.05, 0.1) is 0 Å². The maximum atomic E-state index is 3.76. The minimum atomic E-state index is 0.630. The summed E-state index contributed by atoms with van der Waals surface area (Å²) in [6, 6.07) is 9.68. The Morgan fingerprint density at radius 1 is 1.15 bits per heavy atom. The van der Waals surface area contributed by atoms with E-state index in [-0.39, 0.29) is 0 Å². The second kappa shape index (κ2) is 5.11. The molecule has 108 valence electrons. The van der Waals surface area contributed by atoms with E-state index in [1.54, 1.807) is 11.1 Å². The molecule has 2 aliphatic heterocycles. The van der Waals surface area contributed by atoms with Gasteiger partial charge in [-0.1, -0.05) is 28.1 Å². The highest BCUT2D eigenvalue weighted by molar-refractivity contribution is 9.10. The largest absolute Gasteiger partial charge is 0.311 e. The smallest absolute Gasteiger partial charge is 0.0354 e. The van der Waals surface area contributed by atoms with Gasteiger partial charge in [-0.05, 0) is 62.8 Å². The maximum Gasteiger partial charge on any atom is 0.0354 e. The minimum Gasteiger partial charge on any atom is -0.311 e. The molecule has 3 heteroatoms. The van der Waals surface area contributed by atoms with Gasteiger partial charge in [0.15, 0.2) is 0 Å². The molecule has 1 aromatic rings. The topological polar surface area (TPSA) is 15.3 Å². The van der Waals surface area contributed by atoms with E-state index in [0.29, 0.717) is 6.04 Å². The van der Waals surface area contributed by atoms with Gasteiger partial charge in [0, 0.05) is 28.6 Å². The molecule has 0 amide bonds. The monoisotopic (exact) mass is 334 g/mol. The fraction of sp³-hybridized carbons (Fsp3) is 0.647. The predicted octanol–water partition coefficient (Wildman–Crippen LogP) is 3.65. The van der Waals surface area contributed by atoms with E-state index in [0.717, 1.165) is 18.1 Å². The van der Waals surface area contributed by atoms with Crippen LogP contribution in [0.25, 0.3) is 0 Å². The Kier molecular flexibility index (Phi) is 3.40. The van der Waals surface area contributed by atoms with Crippen LogP contribution in [0.15, 0.2) is 22.7 Å². The first-order valence-corrected chi connectivity index (χ1v) is 8.77. The zero-order valence-electron chi connectivity index (χ0n) is 12.1. The van der Waals surface area contributed by atoms with Crippen LogP contribution >= 0.6 is 15.9 Å². The van der Waals surface area contributed by atoms with Crippen LogP contribution < -0.4 is 5.32 Å². The molecule has 1 aliphatic carbocycles. The number of hydrogen-bond donors (Lipinski definition) is 1. The lowest BCUT2D eigenvalue weighted by atomic mass is 9.96. The van der Waals surface area contributed by atoms with E-state index in [1.165, 1.54) is 43.0 Å². The molecule has 0 radical (unpaired) electrons. The normalized spacial score (nSPS) is 35.5. The van der Waals surface area contributed by atoms with Crippen molar-refractivity contribution in [2.75, 3.05) is 7.05 Å². The zero-order valence-corrected chi connectivity index (χ0v) is 13.7. The predicted molar refractivity (Wildman–Crippen MR) is 85.9 cm³/mol. The number of nitrogens with zero attached hydrogens (tertiary/aromatic N) is 1. The third-order valence-corrected chi connectivity index (χ3v) is 6.44. The van der Waals surface area contributed by atoms with Crippen LogP contribution in [0.4, 0.5) is 0 Å². The summed E-state index contributed by atoms with van der Waals surface area (Å²) in [7, 11) is 2.36. The van der Waals surface area contributed by atoms with Gasteiger partial charge in [-0.3, -0.25) is 4.90 Å². The first-order chi connectivity index (χ1) is 9.72. The molecule has 2 saturated heterocycles. The fourth-order valence-electron chi connectivity index (χ4n) is 4.63. The van der Waals surface area contributed by atoms with E-state index < -0.39 is 0 Å². The number of fused-ring (bicyclic) bond motifs is 3. The lowest BCUT2D eigenvalue weighted by Crippen LogP contribution is -2.47. The van der Waals surface area contributed by atoms with E-state index >= 15 is 0 Å². The van der Waals surface area contributed by atoms with Crippen LogP contribution in [0.3, 0.4) is 0 Å². The molecule has 1 aromatic carbocycles. The Balaban J connectivity index is 1.56. The molecule has 2 fully saturated rings. The number of halogens is 1. The Hall–Kier alpha value is -0.380. The molecular weight excluding hydrogens is 312 g/mol. The summed E-state index contributed by atoms with van der Waals surface area (Å²) >= 11 is 3.72. The summed E-state index contributed by atoms with van der Waals surface area (Å²) in [5.41, 5.74) is 3.11. The molecule has 1 N–H and O–H groups in total. The van der Waals surface area contributed by atoms with Crippen LogP contribution in [-0.2, 0) is 6.42 Å². The van der Waals surface area contributed by atoms with Crippen LogP contribution in [0.2, 0.25) is 0 Å².